The number of nitrogens with zero attached hydrogens (tertiary/aromatic N) is 4. The number of benzene rings is 1. The monoisotopic (exact) mass is 571 g/mol. The van der Waals surface area contributed by atoms with Gasteiger partial charge in [0.05, 0.1) is 6.20 Å². The van der Waals surface area contributed by atoms with Gasteiger partial charge in [0.1, 0.15) is 17.3 Å². The summed E-state index contributed by atoms with van der Waals surface area (Å²) >= 11 is 0. The molecule has 5 nitrogen and oxygen atoms in total. The van der Waals surface area contributed by atoms with Crippen LogP contribution in [-0.4, -0.2) is 32.9 Å². The smallest absolute Gasteiger partial charge is 0.229 e. The molecule has 2 aromatic heterocycles. The van der Waals surface area contributed by atoms with Gasteiger partial charge in [0.2, 0.25) is 5.95 Å². The van der Waals surface area contributed by atoms with Crippen molar-refractivity contribution in [3.8, 4) is 11.3 Å². The number of anilines is 2. The van der Waals surface area contributed by atoms with Crippen LogP contribution in [0.4, 0.5) is 20.5 Å². The summed E-state index contributed by atoms with van der Waals surface area (Å²) < 4.78 is 31.2. The third-order valence-electron chi connectivity index (χ3n) is 10.0. The van der Waals surface area contributed by atoms with E-state index in [1.54, 1.807) is 0 Å². The number of allylic oxidation sites excluding steroid dienone is 2. The second-order valence-electron chi connectivity index (χ2n) is 12.8. The molecule has 1 N–H and O–H groups in total. The number of halogens is 2. The minimum Gasteiger partial charge on any atom is -0.309 e. The third-order valence-corrected chi connectivity index (χ3v) is 10.0. The molecule has 3 aliphatic rings. The normalized spacial score (nSPS) is 24.3. The van der Waals surface area contributed by atoms with Crippen LogP contribution in [0.15, 0.2) is 42.1 Å². The molecule has 0 amide bonds. The van der Waals surface area contributed by atoms with Gasteiger partial charge in [0.25, 0.3) is 0 Å². The van der Waals surface area contributed by atoms with Crippen LogP contribution in [0.2, 0.25) is 0 Å². The van der Waals surface area contributed by atoms with Crippen molar-refractivity contribution in [2.45, 2.75) is 91.0 Å². The van der Waals surface area contributed by atoms with E-state index in [0.29, 0.717) is 17.3 Å². The molecule has 2 aliphatic carbocycles. The first kappa shape index (κ1) is 28.9. The highest BCUT2D eigenvalue weighted by atomic mass is 19.1. The van der Waals surface area contributed by atoms with Crippen molar-refractivity contribution >= 4 is 11.8 Å². The zero-order chi connectivity index (χ0) is 29.4. The highest BCUT2D eigenvalue weighted by Crippen LogP contribution is 2.45. The zero-order valence-corrected chi connectivity index (χ0v) is 25.4. The third kappa shape index (κ3) is 5.85. The molecule has 42 heavy (non-hydrogen) atoms. The van der Waals surface area contributed by atoms with Crippen LogP contribution in [0.25, 0.3) is 11.3 Å². The van der Waals surface area contributed by atoms with Gasteiger partial charge in [-0.15, -0.1) is 0 Å². The van der Waals surface area contributed by atoms with Crippen molar-refractivity contribution in [1.29, 1.82) is 0 Å². The van der Waals surface area contributed by atoms with Crippen LogP contribution in [0, 0.1) is 23.5 Å². The van der Waals surface area contributed by atoms with Gasteiger partial charge in [-0.25, -0.2) is 23.7 Å². The fourth-order valence-corrected chi connectivity index (χ4v) is 7.47. The van der Waals surface area contributed by atoms with Crippen LogP contribution in [0.1, 0.15) is 100 Å². The number of nitrogens with one attached hydrogen (secondary N) is 1. The molecule has 7 heteroatoms. The topological polar surface area (TPSA) is 53.9 Å². The first-order valence-electron chi connectivity index (χ1n) is 15.8. The maximum Gasteiger partial charge on any atom is 0.229 e. The Morgan fingerprint density at radius 2 is 1.86 bits per heavy atom. The number of likely N-dealkylation sites (N-methyl/N-ethyl adjacent to an activating group) is 1. The van der Waals surface area contributed by atoms with E-state index in [2.05, 4.69) is 60.0 Å². The lowest BCUT2D eigenvalue weighted by molar-refractivity contribution is 0.266. The Labute approximate surface area is 248 Å². The first-order chi connectivity index (χ1) is 20.3. The number of aromatic nitrogens is 3. The second-order valence-corrected chi connectivity index (χ2v) is 12.8. The molecule has 2 unspecified atom stereocenters. The maximum atomic E-state index is 16.0. The van der Waals surface area contributed by atoms with E-state index >= 15 is 8.78 Å². The number of hydrogen-bond donors (Lipinski definition) is 1. The molecular weight excluding hydrogens is 528 g/mol. The fourth-order valence-electron chi connectivity index (χ4n) is 7.47. The molecule has 1 aliphatic heterocycles. The summed E-state index contributed by atoms with van der Waals surface area (Å²) in [7, 11) is 0. The Hall–Kier alpha value is -3.19. The summed E-state index contributed by atoms with van der Waals surface area (Å²) in [6.45, 7) is 11.6. The molecular formula is C35H43F2N5. The van der Waals surface area contributed by atoms with Gasteiger partial charge in [-0.2, -0.15) is 0 Å². The van der Waals surface area contributed by atoms with Crippen LogP contribution in [-0.2, 0) is 13.0 Å². The lowest BCUT2D eigenvalue weighted by Gasteiger charge is -2.33. The SMILES string of the molecule is CCN1CCc2nc(Nc3ncc(F)c(-c4cc(F)c5c(c4)C(C)[C@@H](CC4CCCC4)/C(C)=C/CC5C)n3)ccc2C1. The molecule has 0 saturated heterocycles. The quantitative estimate of drug-likeness (QED) is 0.300. The molecule has 1 saturated carbocycles. The standard InChI is InChI=1S/C35H43F2N5/c1-5-42-15-14-31-25(20-42)12-13-32(39-31)40-35-38-19-30(37)34(41-35)26-17-28-23(4)27(16-24-8-6-7-9-24)21(2)10-11-22(3)33(28)29(36)18-26/h10,12-13,17-19,22-24,27H,5-9,11,14-16,20H2,1-4H3,(H,38,39,40,41)/b21-10+/t22?,23?,27-/m0/s1. The molecule has 1 fully saturated rings. The predicted molar refractivity (Wildman–Crippen MR) is 165 cm³/mol. The number of rotatable bonds is 6. The summed E-state index contributed by atoms with van der Waals surface area (Å²) in [5, 5.41) is 3.17. The minimum atomic E-state index is -0.567. The van der Waals surface area contributed by atoms with Crippen LogP contribution >= 0.6 is 0 Å². The van der Waals surface area contributed by atoms with Crippen molar-refractivity contribution in [2.24, 2.45) is 11.8 Å². The summed E-state index contributed by atoms with van der Waals surface area (Å²) in [6.07, 6.45) is 11.5. The Balaban J connectivity index is 1.32. The molecule has 1 aromatic carbocycles. The van der Waals surface area contributed by atoms with Crippen molar-refractivity contribution in [3.63, 3.8) is 0 Å². The van der Waals surface area contributed by atoms with E-state index in [1.807, 2.05) is 12.1 Å². The fraction of sp³-hybridized carbons (Fsp3) is 0.514. The lowest BCUT2D eigenvalue weighted by Crippen LogP contribution is -2.30. The largest absolute Gasteiger partial charge is 0.309 e. The number of fused-ring (bicyclic) bond motifs is 2. The van der Waals surface area contributed by atoms with Crippen molar-refractivity contribution in [1.82, 2.24) is 19.9 Å². The molecule has 6 rings (SSSR count). The van der Waals surface area contributed by atoms with Crippen molar-refractivity contribution < 1.29 is 8.78 Å². The lowest BCUT2D eigenvalue weighted by atomic mass is 9.72. The van der Waals surface area contributed by atoms with E-state index in [1.165, 1.54) is 49.1 Å². The predicted octanol–water partition coefficient (Wildman–Crippen LogP) is 8.69. The average Bonchev–Trinajstić information content (AvgIpc) is 3.51. The molecule has 0 spiro atoms. The van der Waals surface area contributed by atoms with E-state index in [-0.39, 0.29) is 29.3 Å². The molecule has 3 aromatic rings. The Morgan fingerprint density at radius 1 is 1.05 bits per heavy atom. The minimum absolute atomic E-state index is 0.0471. The first-order valence-corrected chi connectivity index (χ1v) is 15.8. The Bertz CT molecular complexity index is 1480. The number of pyridine rings is 1. The summed E-state index contributed by atoms with van der Waals surface area (Å²) in [4.78, 5) is 15.9. The van der Waals surface area contributed by atoms with Gasteiger partial charge in [0, 0.05) is 30.8 Å². The molecule has 222 valence electrons. The van der Waals surface area contributed by atoms with Crippen molar-refractivity contribution in [3.05, 3.63) is 76.1 Å². The molecule has 3 atom stereocenters. The summed E-state index contributed by atoms with van der Waals surface area (Å²) in [5.74, 6) is 1.27. The molecule has 3 heterocycles. The Kier molecular flexibility index (Phi) is 8.39. The van der Waals surface area contributed by atoms with Crippen LogP contribution < -0.4 is 5.32 Å². The van der Waals surface area contributed by atoms with Crippen LogP contribution in [0.5, 0.6) is 0 Å². The molecule has 0 radical (unpaired) electrons. The van der Waals surface area contributed by atoms with E-state index < -0.39 is 5.82 Å². The van der Waals surface area contributed by atoms with Gasteiger partial charge in [0.15, 0.2) is 5.82 Å². The van der Waals surface area contributed by atoms with Gasteiger partial charge in [-0.1, -0.05) is 64.2 Å². The summed E-state index contributed by atoms with van der Waals surface area (Å²) in [6, 6.07) is 7.45. The van der Waals surface area contributed by atoms with E-state index in [4.69, 9.17) is 4.98 Å². The van der Waals surface area contributed by atoms with Gasteiger partial charge in [-0.3, -0.25) is 4.90 Å². The molecule has 0 bridgehead atoms. The van der Waals surface area contributed by atoms with Gasteiger partial charge in [-0.05, 0) is 84.9 Å². The van der Waals surface area contributed by atoms with Crippen LogP contribution in [0.3, 0.4) is 0 Å². The Morgan fingerprint density at radius 3 is 2.64 bits per heavy atom. The zero-order valence-electron chi connectivity index (χ0n) is 25.4. The van der Waals surface area contributed by atoms with E-state index in [0.717, 1.165) is 61.6 Å². The summed E-state index contributed by atoms with van der Waals surface area (Å²) in [5.41, 5.74) is 6.00. The van der Waals surface area contributed by atoms with Crippen molar-refractivity contribution in [2.75, 3.05) is 18.4 Å². The average molecular weight is 572 g/mol. The van der Waals surface area contributed by atoms with E-state index in [9.17, 15) is 0 Å². The van der Waals surface area contributed by atoms with Gasteiger partial charge >= 0.3 is 0 Å². The maximum absolute atomic E-state index is 16.0. The highest BCUT2D eigenvalue weighted by molar-refractivity contribution is 5.65. The highest BCUT2D eigenvalue weighted by Gasteiger charge is 2.32. The second kappa shape index (κ2) is 12.2. The van der Waals surface area contributed by atoms with Gasteiger partial charge < -0.3 is 5.32 Å². The number of hydrogen-bond acceptors (Lipinski definition) is 5.